The van der Waals surface area contributed by atoms with E-state index >= 15 is 0 Å². The molecule has 3 nitrogen and oxygen atoms in total. The fourth-order valence-corrected chi connectivity index (χ4v) is 1.96. The van der Waals surface area contributed by atoms with E-state index < -0.39 is 11.6 Å². The second-order valence-corrected chi connectivity index (χ2v) is 4.18. The van der Waals surface area contributed by atoms with Gasteiger partial charge in [-0.2, -0.15) is 0 Å². The van der Waals surface area contributed by atoms with Crippen LogP contribution in [0.5, 0.6) is 0 Å². The highest BCUT2D eigenvalue weighted by atomic mass is 19.1. The van der Waals surface area contributed by atoms with Gasteiger partial charge >= 0.3 is 0 Å². The van der Waals surface area contributed by atoms with Gasteiger partial charge in [0.05, 0.1) is 5.56 Å². The highest BCUT2D eigenvalue weighted by Gasteiger charge is 2.25. The molecule has 0 bridgehead atoms. The highest BCUT2D eigenvalue weighted by Crippen LogP contribution is 2.14. The Morgan fingerprint density at radius 3 is 2.88 bits per heavy atom. The molecule has 0 spiro atoms. The van der Waals surface area contributed by atoms with Gasteiger partial charge in [0.1, 0.15) is 11.6 Å². The molecule has 1 atom stereocenters. The Morgan fingerprint density at radius 2 is 2.24 bits per heavy atom. The van der Waals surface area contributed by atoms with Crippen LogP contribution in [-0.2, 0) is 0 Å². The number of amides is 1. The van der Waals surface area contributed by atoms with Crippen LogP contribution in [0.4, 0.5) is 8.78 Å². The molecular formula is C12H14F2N2O. The van der Waals surface area contributed by atoms with E-state index in [-0.39, 0.29) is 17.5 Å². The highest BCUT2D eigenvalue weighted by molar-refractivity contribution is 5.94. The summed E-state index contributed by atoms with van der Waals surface area (Å²) in [7, 11) is 0. The molecule has 0 unspecified atom stereocenters. The maximum Gasteiger partial charge on any atom is 0.257 e. The maximum absolute atomic E-state index is 13.5. The first-order chi connectivity index (χ1) is 8.09. The molecule has 0 aliphatic carbocycles. The van der Waals surface area contributed by atoms with Gasteiger partial charge in [0.15, 0.2) is 0 Å². The Kier molecular flexibility index (Phi) is 3.38. The summed E-state index contributed by atoms with van der Waals surface area (Å²) in [5.74, 6) is -1.86. The molecule has 1 N–H and O–H groups in total. The minimum atomic E-state index is -0.805. The first kappa shape index (κ1) is 12.0. The van der Waals surface area contributed by atoms with Crippen LogP contribution in [0, 0.1) is 11.6 Å². The summed E-state index contributed by atoms with van der Waals surface area (Å²) < 4.78 is 26.2. The van der Waals surface area contributed by atoms with E-state index in [1.165, 1.54) is 6.07 Å². The minimum absolute atomic E-state index is 0.0145. The normalized spacial score (nSPS) is 20.4. The number of rotatable bonds is 1. The summed E-state index contributed by atoms with van der Waals surface area (Å²) in [6.45, 7) is 3.82. The molecule has 0 saturated carbocycles. The Hall–Kier alpha value is -1.49. The fraction of sp³-hybridized carbons (Fsp3) is 0.417. The van der Waals surface area contributed by atoms with Gasteiger partial charge < -0.3 is 10.2 Å². The summed E-state index contributed by atoms with van der Waals surface area (Å²) in [6.07, 6.45) is 0. The summed E-state index contributed by atoms with van der Waals surface area (Å²) in [6, 6.07) is 3.05. The van der Waals surface area contributed by atoms with Crippen LogP contribution in [0.25, 0.3) is 0 Å². The number of hydrogen-bond donors (Lipinski definition) is 1. The lowest BCUT2D eigenvalue weighted by molar-refractivity contribution is 0.0651. The number of nitrogens with zero attached hydrogens (tertiary/aromatic N) is 1. The van der Waals surface area contributed by atoms with Gasteiger partial charge in [-0.1, -0.05) is 0 Å². The largest absolute Gasteiger partial charge is 0.333 e. The van der Waals surface area contributed by atoms with Crippen LogP contribution >= 0.6 is 0 Å². The molecule has 17 heavy (non-hydrogen) atoms. The number of piperazine rings is 1. The summed E-state index contributed by atoms with van der Waals surface area (Å²) >= 11 is 0. The molecule has 1 aromatic carbocycles. The van der Waals surface area contributed by atoms with Gasteiger partial charge in [0.2, 0.25) is 0 Å². The van der Waals surface area contributed by atoms with Gasteiger partial charge in [-0.25, -0.2) is 8.78 Å². The molecule has 5 heteroatoms. The Bertz CT molecular complexity index is 437. The van der Waals surface area contributed by atoms with Crippen molar-refractivity contribution in [1.29, 1.82) is 0 Å². The molecule has 1 aromatic rings. The summed E-state index contributed by atoms with van der Waals surface area (Å²) in [5.41, 5.74) is -0.0693. The minimum Gasteiger partial charge on any atom is -0.333 e. The lowest BCUT2D eigenvalue weighted by atomic mass is 10.1. The van der Waals surface area contributed by atoms with Gasteiger partial charge in [0.25, 0.3) is 5.91 Å². The average Bonchev–Trinajstić information content (AvgIpc) is 2.29. The van der Waals surface area contributed by atoms with E-state index in [0.717, 1.165) is 12.1 Å². The predicted octanol–water partition coefficient (Wildman–Crippen LogP) is 1.40. The molecule has 1 aliphatic heterocycles. The number of carbonyl (C=O) groups excluding carboxylic acids is 1. The molecule has 1 fully saturated rings. The summed E-state index contributed by atoms with van der Waals surface area (Å²) in [5, 5.41) is 3.15. The van der Waals surface area contributed by atoms with Crippen molar-refractivity contribution in [2.75, 3.05) is 19.6 Å². The second kappa shape index (κ2) is 4.79. The molecule has 0 aromatic heterocycles. The van der Waals surface area contributed by atoms with Gasteiger partial charge in [-0.3, -0.25) is 4.79 Å². The van der Waals surface area contributed by atoms with Crippen molar-refractivity contribution in [3.63, 3.8) is 0 Å². The van der Waals surface area contributed by atoms with E-state index in [9.17, 15) is 13.6 Å². The molecule has 2 rings (SSSR count). The third-order valence-corrected chi connectivity index (χ3v) is 2.92. The Morgan fingerprint density at radius 1 is 1.47 bits per heavy atom. The zero-order valence-electron chi connectivity index (χ0n) is 9.54. The van der Waals surface area contributed by atoms with Crippen LogP contribution in [-0.4, -0.2) is 36.5 Å². The zero-order valence-corrected chi connectivity index (χ0v) is 9.54. The zero-order chi connectivity index (χ0) is 12.4. The number of hydrogen-bond acceptors (Lipinski definition) is 2. The molecular weight excluding hydrogens is 226 g/mol. The van der Waals surface area contributed by atoms with Gasteiger partial charge in [-0.15, -0.1) is 0 Å². The van der Waals surface area contributed by atoms with Crippen molar-refractivity contribution >= 4 is 5.91 Å². The van der Waals surface area contributed by atoms with Crippen LogP contribution in [0.15, 0.2) is 18.2 Å². The van der Waals surface area contributed by atoms with E-state index in [1.807, 2.05) is 6.92 Å². The SMILES string of the molecule is C[C@H]1CNCCN1C(=O)c1ccc(F)cc1F. The lowest BCUT2D eigenvalue weighted by Gasteiger charge is -2.34. The monoisotopic (exact) mass is 240 g/mol. The van der Waals surface area contributed by atoms with E-state index in [1.54, 1.807) is 4.90 Å². The lowest BCUT2D eigenvalue weighted by Crippen LogP contribution is -2.52. The molecule has 1 aliphatic rings. The quantitative estimate of drug-likeness (QED) is 0.804. The third kappa shape index (κ3) is 2.44. The molecule has 1 saturated heterocycles. The Labute approximate surface area is 98.4 Å². The fourth-order valence-electron chi connectivity index (χ4n) is 1.96. The molecule has 1 amide bonds. The van der Waals surface area contributed by atoms with Crippen molar-refractivity contribution in [2.24, 2.45) is 0 Å². The number of benzene rings is 1. The van der Waals surface area contributed by atoms with Gasteiger partial charge in [-0.05, 0) is 19.1 Å². The van der Waals surface area contributed by atoms with Crippen LogP contribution < -0.4 is 5.32 Å². The van der Waals surface area contributed by atoms with E-state index in [2.05, 4.69) is 5.32 Å². The maximum atomic E-state index is 13.5. The number of halogens is 2. The smallest absolute Gasteiger partial charge is 0.257 e. The number of carbonyl (C=O) groups is 1. The van der Waals surface area contributed by atoms with Crippen molar-refractivity contribution in [2.45, 2.75) is 13.0 Å². The van der Waals surface area contributed by atoms with Crippen molar-refractivity contribution < 1.29 is 13.6 Å². The standard InChI is InChI=1S/C12H14F2N2O/c1-8-7-15-4-5-16(8)12(17)10-3-2-9(13)6-11(10)14/h2-3,6,8,15H,4-5,7H2,1H3/t8-/m0/s1. The van der Waals surface area contributed by atoms with Crippen LogP contribution in [0.3, 0.4) is 0 Å². The molecule has 0 radical (unpaired) electrons. The predicted molar refractivity (Wildman–Crippen MR) is 59.7 cm³/mol. The van der Waals surface area contributed by atoms with E-state index in [4.69, 9.17) is 0 Å². The Balaban J connectivity index is 2.24. The second-order valence-electron chi connectivity index (χ2n) is 4.18. The van der Waals surface area contributed by atoms with Crippen molar-refractivity contribution in [3.05, 3.63) is 35.4 Å². The van der Waals surface area contributed by atoms with Crippen molar-refractivity contribution in [3.8, 4) is 0 Å². The first-order valence-corrected chi connectivity index (χ1v) is 5.56. The van der Waals surface area contributed by atoms with Crippen LogP contribution in [0.1, 0.15) is 17.3 Å². The first-order valence-electron chi connectivity index (χ1n) is 5.56. The molecule has 92 valence electrons. The van der Waals surface area contributed by atoms with Crippen LogP contribution in [0.2, 0.25) is 0 Å². The van der Waals surface area contributed by atoms with Gasteiger partial charge in [0, 0.05) is 31.7 Å². The topological polar surface area (TPSA) is 32.3 Å². The molecule has 1 heterocycles. The summed E-state index contributed by atoms with van der Waals surface area (Å²) in [4.78, 5) is 13.7. The average molecular weight is 240 g/mol. The van der Waals surface area contributed by atoms with Crippen molar-refractivity contribution in [1.82, 2.24) is 10.2 Å². The number of nitrogens with one attached hydrogen (secondary N) is 1. The third-order valence-electron chi connectivity index (χ3n) is 2.92. The van der Waals surface area contributed by atoms with E-state index in [0.29, 0.717) is 19.6 Å².